The monoisotopic (exact) mass is 405 g/mol. The van der Waals surface area contributed by atoms with Crippen molar-refractivity contribution in [2.24, 2.45) is 11.3 Å². The maximum absolute atomic E-state index is 13.1. The van der Waals surface area contributed by atoms with Gasteiger partial charge >= 0.3 is 0 Å². The summed E-state index contributed by atoms with van der Waals surface area (Å²) in [6.07, 6.45) is 2.26. The van der Waals surface area contributed by atoms with E-state index in [-0.39, 0.29) is 11.8 Å². The van der Waals surface area contributed by atoms with Crippen LogP contribution in [0.3, 0.4) is 0 Å². The van der Waals surface area contributed by atoms with Gasteiger partial charge in [0.05, 0.1) is 12.0 Å². The molecular formula is C22H35N3O4. The van der Waals surface area contributed by atoms with Crippen molar-refractivity contribution in [3.8, 4) is 0 Å². The van der Waals surface area contributed by atoms with Crippen LogP contribution in [-0.4, -0.2) is 59.6 Å². The second-order valence-electron chi connectivity index (χ2n) is 8.75. The molecule has 1 aromatic carbocycles. The highest BCUT2D eigenvalue weighted by Crippen LogP contribution is 2.23. The molecule has 162 valence electrons. The molecular weight excluding hydrogens is 370 g/mol. The average Bonchev–Trinajstić information content (AvgIpc) is 2.67. The van der Waals surface area contributed by atoms with Gasteiger partial charge in [-0.25, -0.2) is 5.06 Å². The summed E-state index contributed by atoms with van der Waals surface area (Å²) in [7, 11) is 3.30. The lowest BCUT2D eigenvalue weighted by Gasteiger charge is -2.35. The summed E-state index contributed by atoms with van der Waals surface area (Å²) < 4.78 is 0. The van der Waals surface area contributed by atoms with Crippen LogP contribution < -0.4 is 5.32 Å². The fraction of sp³-hybridized carbons (Fsp3) is 0.591. The van der Waals surface area contributed by atoms with E-state index in [1.54, 1.807) is 21.0 Å². The number of amides is 3. The number of hydrogen-bond acceptors (Lipinski definition) is 4. The van der Waals surface area contributed by atoms with Crippen molar-refractivity contribution < 1.29 is 19.6 Å². The zero-order valence-corrected chi connectivity index (χ0v) is 18.4. The Bertz CT molecular complexity index is 670. The van der Waals surface area contributed by atoms with Crippen molar-refractivity contribution in [2.75, 3.05) is 14.1 Å². The van der Waals surface area contributed by atoms with E-state index in [0.29, 0.717) is 24.3 Å². The molecule has 1 rings (SSSR count). The van der Waals surface area contributed by atoms with Crippen LogP contribution in [0.5, 0.6) is 0 Å². The van der Waals surface area contributed by atoms with Gasteiger partial charge in [0.25, 0.3) is 0 Å². The highest BCUT2D eigenvalue weighted by atomic mass is 16.5. The number of rotatable bonds is 10. The SMILES string of the molecule is C[C@@H](C(CCCc1ccccc1)C(=O)NC(C(=O)N(C)C)C(C)(C)C)N(O)C=O. The molecule has 1 aromatic rings. The van der Waals surface area contributed by atoms with Crippen LogP contribution >= 0.6 is 0 Å². The van der Waals surface area contributed by atoms with Gasteiger partial charge in [0.1, 0.15) is 6.04 Å². The van der Waals surface area contributed by atoms with Gasteiger partial charge in [-0.15, -0.1) is 0 Å². The van der Waals surface area contributed by atoms with Crippen molar-refractivity contribution >= 4 is 18.2 Å². The van der Waals surface area contributed by atoms with Gasteiger partial charge in [-0.05, 0) is 37.2 Å². The Morgan fingerprint density at radius 2 is 1.76 bits per heavy atom. The maximum atomic E-state index is 13.1. The second-order valence-corrected chi connectivity index (χ2v) is 8.75. The molecule has 0 bridgehead atoms. The maximum Gasteiger partial charge on any atom is 0.245 e. The number of likely N-dealkylation sites (N-methyl/N-ethyl adjacent to an activating group) is 1. The number of aryl methyl sites for hydroxylation is 1. The van der Waals surface area contributed by atoms with Crippen LogP contribution in [0.25, 0.3) is 0 Å². The van der Waals surface area contributed by atoms with E-state index in [9.17, 15) is 19.6 Å². The predicted molar refractivity (Wildman–Crippen MR) is 112 cm³/mol. The van der Waals surface area contributed by atoms with E-state index < -0.39 is 23.4 Å². The third-order valence-electron chi connectivity index (χ3n) is 5.11. The van der Waals surface area contributed by atoms with E-state index in [4.69, 9.17) is 0 Å². The lowest BCUT2D eigenvalue weighted by atomic mass is 9.84. The molecule has 2 unspecified atom stereocenters. The first-order valence-corrected chi connectivity index (χ1v) is 9.97. The summed E-state index contributed by atoms with van der Waals surface area (Å²) in [6.45, 7) is 7.28. The molecule has 0 radical (unpaired) electrons. The van der Waals surface area contributed by atoms with Crippen molar-refractivity contribution in [1.82, 2.24) is 15.3 Å². The first-order valence-electron chi connectivity index (χ1n) is 9.97. The third kappa shape index (κ3) is 7.49. The summed E-state index contributed by atoms with van der Waals surface area (Å²) >= 11 is 0. The van der Waals surface area contributed by atoms with Gasteiger partial charge < -0.3 is 10.2 Å². The fourth-order valence-electron chi connectivity index (χ4n) is 3.20. The molecule has 7 heteroatoms. The quantitative estimate of drug-likeness (QED) is 0.355. The minimum atomic E-state index is -0.711. The molecule has 0 aliphatic heterocycles. The molecule has 3 amide bonds. The normalized spacial score (nSPS) is 14.4. The molecule has 0 saturated carbocycles. The van der Waals surface area contributed by atoms with Gasteiger partial charge in [-0.1, -0.05) is 51.1 Å². The zero-order chi connectivity index (χ0) is 22.2. The van der Waals surface area contributed by atoms with Gasteiger partial charge in [-0.3, -0.25) is 19.6 Å². The molecule has 0 saturated heterocycles. The van der Waals surface area contributed by atoms with Crippen molar-refractivity contribution in [2.45, 2.75) is 59.0 Å². The van der Waals surface area contributed by atoms with Crippen LogP contribution in [-0.2, 0) is 20.8 Å². The highest BCUT2D eigenvalue weighted by molar-refractivity contribution is 5.89. The van der Waals surface area contributed by atoms with E-state index in [1.807, 2.05) is 51.1 Å². The lowest BCUT2D eigenvalue weighted by Crippen LogP contribution is -2.56. The van der Waals surface area contributed by atoms with Gasteiger partial charge in [-0.2, -0.15) is 0 Å². The minimum Gasteiger partial charge on any atom is -0.347 e. The van der Waals surface area contributed by atoms with Crippen LogP contribution in [0.15, 0.2) is 30.3 Å². The Hall–Kier alpha value is -2.41. The van der Waals surface area contributed by atoms with Crippen LogP contribution in [0.4, 0.5) is 0 Å². The third-order valence-corrected chi connectivity index (χ3v) is 5.11. The predicted octanol–water partition coefficient (Wildman–Crippen LogP) is 2.48. The molecule has 0 aliphatic rings. The Balaban J connectivity index is 2.95. The van der Waals surface area contributed by atoms with E-state index in [0.717, 1.165) is 12.0 Å². The summed E-state index contributed by atoms with van der Waals surface area (Å²) in [4.78, 5) is 38.2. The number of carbonyl (C=O) groups excluding carboxylic acids is 3. The van der Waals surface area contributed by atoms with E-state index >= 15 is 0 Å². The molecule has 0 heterocycles. The Morgan fingerprint density at radius 1 is 1.17 bits per heavy atom. The van der Waals surface area contributed by atoms with Crippen LogP contribution in [0, 0.1) is 11.3 Å². The van der Waals surface area contributed by atoms with Gasteiger partial charge in [0.2, 0.25) is 18.2 Å². The first-order chi connectivity index (χ1) is 13.5. The molecule has 7 nitrogen and oxygen atoms in total. The lowest BCUT2D eigenvalue weighted by molar-refractivity contribution is -0.166. The van der Waals surface area contributed by atoms with E-state index in [1.165, 1.54) is 4.90 Å². The summed E-state index contributed by atoms with van der Waals surface area (Å²) in [5.74, 6) is -1.19. The summed E-state index contributed by atoms with van der Waals surface area (Å²) in [5, 5.41) is 13.2. The molecule has 29 heavy (non-hydrogen) atoms. The number of benzene rings is 1. The molecule has 0 aliphatic carbocycles. The summed E-state index contributed by atoms with van der Waals surface area (Å²) in [6, 6.07) is 8.50. The molecule has 0 spiro atoms. The van der Waals surface area contributed by atoms with Crippen LogP contribution in [0.1, 0.15) is 46.1 Å². The molecule has 2 N–H and O–H groups in total. The minimum absolute atomic E-state index is 0.196. The van der Waals surface area contributed by atoms with Crippen molar-refractivity contribution in [1.29, 1.82) is 0 Å². The number of carbonyl (C=O) groups is 3. The number of nitrogens with one attached hydrogen (secondary N) is 1. The Kier molecular flexibility index (Phi) is 9.30. The summed E-state index contributed by atoms with van der Waals surface area (Å²) in [5.41, 5.74) is 0.671. The highest BCUT2D eigenvalue weighted by Gasteiger charge is 2.37. The standard InChI is InChI=1S/C22H35N3O4/c1-16(25(29)15-26)18(14-10-13-17-11-8-7-9-12-17)20(27)23-19(22(2,3)4)21(28)24(5)6/h7-9,11-12,15-16,18-19,29H,10,13-14H2,1-6H3,(H,23,27)/t16-,18?,19?/m0/s1. The van der Waals surface area contributed by atoms with Gasteiger partial charge in [0, 0.05) is 14.1 Å². The Labute approximate surface area is 174 Å². The molecule has 3 atom stereocenters. The smallest absolute Gasteiger partial charge is 0.245 e. The van der Waals surface area contributed by atoms with Crippen LogP contribution in [0.2, 0.25) is 0 Å². The second kappa shape index (κ2) is 11.0. The number of hydroxylamine groups is 2. The average molecular weight is 406 g/mol. The van der Waals surface area contributed by atoms with E-state index in [2.05, 4.69) is 5.32 Å². The first kappa shape index (κ1) is 24.6. The number of nitrogens with zero attached hydrogens (tertiary/aromatic N) is 2. The van der Waals surface area contributed by atoms with Crippen molar-refractivity contribution in [3.05, 3.63) is 35.9 Å². The number of hydrogen-bond donors (Lipinski definition) is 2. The fourth-order valence-corrected chi connectivity index (χ4v) is 3.20. The Morgan fingerprint density at radius 3 is 2.24 bits per heavy atom. The largest absolute Gasteiger partial charge is 0.347 e. The van der Waals surface area contributed by atoms with Crippen molar-refractivity contribution in [3.63, 3.8) is 0 Å². The topological polar surface area (TPSA) is 90.0 Å². The molecule has 0 fully saturated rings. The molecule has 0 aromatic heterocycles. The van der Waals surface area contributed by atoms with Gasteiger partial charge in [0.15, 0.2) is 0 Å². The zero-order valence-electron chi connectivity index (χ0n) is 18.4.